The normalized spacial score (nSPS) is 31.1. The molecular weight excluding hydrogens is 174 g/mol. The van der Waals surface area contributed by atoms with E-state index in [-0.39, 0.29) is 6.10 Å². The van der Waals surface area contributed by atoms with Crippen molar-refractivity contribution in [2.45, 2.75) is 64.6 Å². The maximum atomic E-state index is 9.93. The number of aliphatic hydroxyl groups excluding tert-OH is 1. The van der Waals surface area contributed by atoms with Gasteiger partial charge in [0.25, 0.3) is 0 Å². The van der Waals surface area contributed by atoms with Gasteiger partial charge in [0, 0.05) is 12.1 Å². The van der Waals surface area contributed by atoms with E-state index in [0.29, 0.717) is 18.0 Å². The van der Waals surface area contributed by atoms with Crippen LogP contribution in [0.5, 0.6) is 0 Å². The molecule has 2 nitrogen and oxygen atoms in total. The van der Waals surface area contributed by atoms with Gasteiger partial charge >= 0.3 is 0 Å². The van der Waals surface area contributed by atoms with Crippen LogP contribution in [-0.2, 0) is 0 Å². The van der Waals surface area contributed by atoms with Gasteiger partial charge in [0.1, 0.15) is 0 Å². The van der Waals surface area contributed by atoms with E-state index in [2.05, 4.69) is 32.7 Å². The highest BCUT2D eigenvalue weighted by Crippen LogP contribution is 2.25. The lowest BCUT2D eigenvalue weighted by Crippen LogP contribution is -2.48. The van der Waals surface area contributed by atoms with Crippen molar-refractivity contribution in [1.82, 2.24) is 4.90 Å². The van der Waals surface area contributed by atoms with Crippen molar-refractivity contribution < 1.29 is 5.11 Å². The van der Waals surface area contributed by atoms with Crippen molar-refractivity contribution in [1.29, 1.82) is 0 Å². The third kappa shape index (κ3) is 2.71. The van der Waals surface area contributed by atoms with Gasteiger partial charge in [-0.15, -0.1) is 0 Å². The zero-order valence-corrected chi connectivity index (χ0v) is 10.0. The monoisotopic (exact) mass is 199 g/mol. The molecule has 1 aliphatic rings. The maximum Gasteiger partial charge on any atom is 0.0695 e. The molecule has 0 heterocycles. The van der Waals surface area contributed by atoms with Gasteiger partial charge in [-0.3, -0.25) is 4.90 Å². The second-order valence-electron chi connectivity index (χ2n) is 5.07. The van der Waals surface area contributed by atoms with Crippen molar-refractivity contribution in [2.75, 3.05) is 7.05 Å². The molecule has 1 aliphatic carbocycles. The molecule has 0 spiro atoms. The molecule has 0 radical (unpaired) electrons. The van der Waals surface area contributed by atoms with Crippen LogP contribution >= 0.6 is 0 Å². The molecule has 0 aromatic heterocycles. The van der Waals surface area contributed by atoms with E-state index in [9.17, 15) is 5.11 Å². The summed E-state index contributed by atoms with van der Waals surface area (Å²) in [5.74, 6) is 0.661. The molecule has 1 saturated carbocycles. The first-order valence-corrected chi connectivity index (χ1v) is 5.94. The summed E-state index contributed by atoms with van der Waals surface area (Å²) in [5, 5.41) is 9.93. The summed E-state index contributed by atoms with van der Waals surface area (Å²) in [6, 6.07) is 0.953. The zero-order valence-electron chi connectivity index (χ0n) is 10.0. The van der Waals surface area contributed by atoms with Gasteiger partial charge in [0.05, 0.1) is 6.10 Å². The van der Waals surface area contributed by atoms with Crippen LogP contribution in [0.25, 0.3) is 0 Å². The summed E-state index contributed by atoms with van der Waals surface area (Å²) in [4.78, 5) is 2.37. The highest BCUT2D eigenvalue weighted by molar-refractivity contribution is 4.84. The Labute approximate surface area is 88.3 Å². The SMILES string of the molecule is CC(C)C(C)N(C)[C@H]1CCCC[C@@H]1O. The Bertz CT molecular complexity index is 170. The highest BCUT2D eigenvalue weighted by Gasteiger charge is 2.29. The first kappa shape index (κ1) is 12.0. The molecule has 3 atom stereocenters. The van der Waals surface area contributed by atoms with Gasteiger partial charge in [-0.25, -0.2) is 0 Å². The van der Waals surface area contributed by atoms with Crippen molar-refractivity contribution in [3.8, 4) is 0 Å². The fraction of sp³-hybridized carbons (Fsp3) is 1.00. The van der Waals surface area contributed by atoms with E-state index in [1.165, 1.54) is 12.8 Å². The molecule has 0 aliphatic heterocycles. The summed E-state index contributed by atoms with van der Waals surface area (Å²) in [6.07, 6.45) is 4.52. The van der Waals surface area contributed by atoms with Crippen LogP contribution in [0.2, 0.25) is 0 Å². The minimum Gasteiger partial charge on any atom is -0.391 e. The van der Waals surface area contributed by atoms with Crippen LogP contribution in [0.3, 0.4) is 0 Å². The quantitative estimate of drug-likeness (QED) is 0.753. The van der Waals surface area contributed by atoms with Crippen molar-refractivity contribution in [2.24, 2.45) is 5.92 Å². The fourth-order valence-electron chi connectivity index (χ4n) is 2.34. The Morgan fingerprint density at radius 2 is 1.71 bits per heavy atom. The number of rotatable bonds is 3. The Morgan fingerprint density at radius 1 is 1.14 bits per heavy atom. The second kappa shape index (κ2) is 5.13. The predicted octanol–water partition coefficient (Wildman–Crippen LogP) is 2.27. The van der Waals surface area contributed by atoms with E-state index in [1.54, 1.807) is 0 Å². The number of nitrogens with zero attached hydrogens (tertiary/aromatic N) is 1. The number of likely N-dealkylation sites (N-methyl/N-ethyl adjacent to an activating group) is 1. The van der Waals surface area contributed by atoms with Crippen LogP contribution in [-0.4, -0.2) is 35.2 Å². The van der Waals surface area contributed by atoms with Crippen molar-refractivity contribution >= 4 is 0 Å². The van der Waals surface area contributed by atoms with E-state index >= 15 is 0 Å². The highest BCUT2D eigenvalue weighted by atomic mass is 16.3. The molecule has 1 unspecified atom stereocenters. The van der Waals surface area contributed by atoms with E-state index < -0.39 is 0 Å². The minimum atomic E-state index is -0.102. The van der Waals surface area contributed by atoms with Gasteiger partial charge in [-0.05, 0) is 32.7 Å². The van der Waals surface area contributed by atoms with Gasteiger partial charge in [-0.2, -0.15) is 0 Å². The molecule has 1 N–H and O–H groups in total. The predicted molar refractivity (Wildman–Crippen MR) is 60.3 cm³/mol. The molecule has 0 saturated heterocycles. The molecule has 84 valence electrons. The summed E-state index contributed by atoms with van der Waals surface area (Å²) < 4.78 is 0. The first-order chi connectivity index (χ1) is 6.54. The molecular formula is C12H25NO. The Balaban J connectivity index is 2.53. The number of hydrogen-bond acceptors (Lipinski definition) is 2. The third-order valence-electron chi connectivity index (χ3n) is 3.82. The molecule has 2 heteroatoms. The van der Waals surface area contributed by atoms with Gasteiger partial charge in [-0.1, -0.05) is 26.7 Å². The molecule has 0 aromatic rings. The minimum absolute atomic E-state index is 0.102. The van der Waals surface area contributed by atoms with Crippen LogP contribution in [0, 0.1) is 5.92 Å². The Morgan fingerprint density at radius 3 is 2.21 bits per heavy atom. The van der Waals surface area contributed by atoms with Gasteiger partial charge in [0.2, 0.25) is 0 Å². The molecule has 14 heavy (non-hydrogen) atoms. The van der Waals surface area contributed by atoms with Crippen molar-refractivity contribution in [3.63, 3.8) is 0 Å². The molecule has 0 bridgehead atoms. The average molecular weight is 199 g/mol. The lowest BCUT2D eigenvalue weighted by molar-refractivity contribution is 0.00724. The lowest BCUT2D eigenvalue weighted by Gasteiger charge is -2.40. The smallest absolute Gasteiger partial charge is 0.0695 e. The average Bonchev–Trinajstić information content (AvgIpc) is 2.16. The van der Waals surface area contributed by atoms with Crippen LogP contribution < -0.4 is 0 Å². The van der Waals surface area contributed by atoms with Crippen LogP contribution in [0.4, 0.5) is 0 Å². The number of hydrogen-bond donors (Lipinski definition) is 1. The Hall–Kier alpha value is -0.0800. The second-order valence-corrected chi connectivity index (χ2v) is 5.07. The van der Waals surface area contributed by atoms with E-state index in [1.807, 2.05) is 0 Å². The first-order valence-electron chi connectivity index (χ1n) is 5.94. The van der Waals surface area contributed by atoms with Gasteiger partial charge in [0.15, 0.2) is 0 Å². The standard InChI is InChI=1S/C12H25NO/c1-9(2)10(3)13(4)11-7-5-6-8-12(11)14/h9-12,14H,5-8H2,1-4H3/t10?,11-,12-/m0/s1. The van der Waals surface area contributed by atoms with Gasteiger partial charge < -0.3 is 5.11 Å². The lowest BCUT2D eigenvalue weighted by atomic mass is 9.89. The summed E-state index contributed by atoms with van der Waals surface area (Å²) in [5.41, 5.74) is 0. The van der Waals surface area contributed by atoms with E-state index in [4.69, 9.17) is 0 Å². The Kier molecular flexibility index (Phi) is 4.39. The fourth-order valence-corrected chi connectivity index (χ4v) is 2.34. The third-order valence-corrected chi connectivity index (χ3v) is 3.82. The summed E-state index contributed by atoms with van der Waals surface area (Å²) in [6.45, 7) is 6.75. The molecule has 0 aromatic carbocycles. The van der Waals surface area contributed by atoms with Crippen LogP contribution in [0.15, 0.2) is 0 Å². The number of aliphatic hydroxyl groups is 1. The summed E-state index contributed by atoms with van der Waals surface area (Å²) in [7, 11) is 2.16. The van der Waals surface area contributed by atoms with Crippen molar-refractivity contribution in [3.05, 3.63) is 0 Å². The zero-order chi connectivity index (χ0) is 10.7. The van der Waals surface area contributed by atoms with Crippen LogP contribution in [0.1, 0.15) is 46.5 Å². The molecule has 0 amide bonds. The largest absolute Gasteiger partial charge is 0.391 e. The van der Waals surface area contributed by atoms with E-state index in [0.717, 1.165) is 12.8 Å². The molecule has 1 rings (SSSR count). The molecule has 1 fully saturated rings. The maximum absolute atomic E-state index is 9.93. The summed E-state index contributed by atoms with van der Waals surface area (Å²) >= 11 is 0. The topological polar surface area (TPSA) is 23.5 Å².